The van der Waals surface area contributed by atoms with Gasteiger partial charge in [-0.25, -0.2) is 4.79 Å². The number of methoxy groups -OCH3 is 1. The van der Waals surface area contributed by atoms with E-state index in [9.17, 15) is 4.79 Å². The number of hydrogen-bond donors (Lipinski definition) is 0. The number of amides is 2. The van der Waals surface area contributed by atoms with Crippen LogP contribution in [-0.4, -0.2) is 25.1 Å². The van der Waals surface area contributed by atoms with Gasteiger partial charge >= 0.3 is 6.03 Å². The number of fused-ring (bicyclic) bond motifs is 1. The number of urea groups is 1. The highest BCUT2D eigenvalue weighted by Crippen LogP contribution is 2.44. The zero-order chi connectivity index (χ0) is 21.7. The molecule has 3 aromatic rings. The number of nitrogens with zero attached hydrogens (tertiary/aromatic N) is 2. The smallest absolute Gasteiger partial charge is 0.325 e. The first-order chi connectivity index (χ1) is 14.6. The molecule has 1 unspecified atom stereocenters. The van der Waals surface area contributed by atoms with E-state index in [-0.39, 0.29) is 6.03 Å². The van der Waals surface area contributed by atoms with E-state index >= 15 is 0 Å². The molecule has 0 aliphatic carbocycles. The Kier molecular flexibility index (Phi) is 6.46. The van der Waals surface area contributed by atoms with Crippen LogP contribution in [0.5, 0.6) is 5.75 Å². The minimum Gasteiger partial charge on any atom is -0.497 e. The number of rotatable bonds is 4. The van der Waals surface area contributed by atoms with Crippen LogP contribution in [0.15, 0.2) is 78.9 Å². The predicted molar refractivity (Wildman–Crippen MR) is 123 cm³/mol. The Morgan fingerprint density at radius 1 is 0.867 bits per heavy atom. The van der Waals surface area contributed by atoms with Gasteiger partial charge in [-0.1, -0.05) is 74.5 Å². The summed E-state index contributed by atoms with van der Waals surface area (Å²) in [6, 6.07) is 26.2. The van der Waals surface area contributed by atoms with Crippen LogP contribution in [0.4, 0.5) is 10.5 Å². The maximum atomic E-state index is 13.4. The second-order valence-corrected chi connectivity index (χ2v) is 7.23. The lowest BCUT2D eigenvalue weighted by Gasteiger charge is -2.48. The summed E-state index contributed by atoms with van der Waals surface area (Å²) in [4.78, 5) is 17.1. The van der Waals surface area contributed by atoms with E-state index in [0.717, 1.165) is 28.1 Å². The van der Waals surface area contributed by atoms with Crippen molar-refractivity contribution in [3.05, 3.63) is 95.6 Å². The van der Waals surface area contributed by atoms with Gasteiger partial charge in [-0.3, -0.25) is 4.90 Å². The molecule has 0 bridgehead atoms. The molecular formula is C26H30N2O2. The van der Waals surface area contributed by atoms with Crippen molar-refractivity contribution in [3.8, 4) is 5.75 Å². The largest absolute Gasteiger partial charge is 0.497 e. The molecule has 0 radical (unpaired) electrons. The number of anilines is 1. The van der Waals surface area contributed by atoms with Crippen molar-refractivity contribution in [2.24, 2.45) is 0 Å². The Labute approximate surface area is 179 Å². The third kappa shape index (κ3) is 3.65. The molecule has 156 valence electrons. The van der Waals surface area contributed by atoms with Crippen molar-refractivity contribution in [2.75, 3.05) is 19.1 Å². The lowest BCUT2D eigenvalue weighted by atomic mass is 9.80. The summed E-state index contributed by atoms with van der Waals surface area (Å²) in [6.07, 6.45) is 0. The van der Waals surface area contributed by atoms with Gasteiger partial charge in [0, 0.05) is 12.6 Å². The Hall–Kier alpha value is -3.27. The van der Waals surface area contributed by atoms with E-state index in [1.165, 1.54) is 0 Å². The molecule has 0 spiro atoms. The van der Waals surface area contributed by atoms with Gasteiger partial charge in [0.25, 0.3) is 0 Å². The molecule has 2 amide bonds. The quantitative estimate of drug-likeness (QED) is 0.532. The maximum absolute atomic E-state index is 13.4. The minimum atomic E-state index is -0.522. The van der Waals surface area contributed by atoms with E-state index in [1.54, 1.807) is 7.11 Å². The van der Waals surface area contributed by atoms with Gasteiger partial charge in [-0.05, 0) is 36.2 Å². The highest BCUT2D eigenvalue weighted by atomic mass is 16.5. The number of hydrogen-bond acceptors (Lipinski definition) is 2. The highest BCUT2D eigenvalue weighted by molar-refractivity contribution is 5.96. The van der Waals surface area contributed by atoms with Gasteiger partial charge in [-0.15, -0.1) is 0 Å². The van der Waals surface area contributed by atoms with Crippen molar-refractivity contribution >= 4 is 11.7 Å². The Bertz CT molecular complexity index is 985. The second-order valence-electron chi connectivity index (χ2n) is 7.23. The molecule has 30 heavy (non-hydrogen) atoms. The monoisotopic (exact) mass is 402 g/mol. The first-order valence-corrected chi connectivity index (χ1v) is 10.4. The lowest BCUT2D eigenvalue weighted by Crippen LogP contribution is -2.56. The van der Waals surface area contributed by atoms with Crippen LogP contribution in [0.1, 0.15) is 37.5 Å². The topological polar surface area (TPSA) is 32.8 Å². The van der Waals surface area contributed by atoms with E-state index in [2.05, 4.69) is 25.1 Å². The normalized spacial score (nSPS) is 17.7. The molecule has 1 heterocycles. The van der Waals surface area contributed by atoms with Crippen LogP contribution >= 0.6 is 0 Å². The maximum Gasteiger partial charge on any atom is 0.325 e. The van der Waals surface area contributed by atoms with Crippen LogP contribution in [0.3, 0.4) is 0 Å². The van der Waals surface area contributed by atoms with Gasteiger partial charge in [0.2, 0.25) is 0 Å². The molecule has 1 aliphatic heterocycles. The zero-order valence-electron chi connectivity index (χ0n) is 18.4. The van der Waals surface area contributed by atoms with E-state index < -0.39 is 5.54 Å². The van der Waals surface area contributed by atoms with Crippen molar-refractivity contribution in [2.45, 2.75) is 32.9 Å². The van der Waals surface area contributed by atoms with Crippen LogP contribution in [0.25, 0.3) is 0 Å². The summed E-state index contributed by atoms with van der Waals surface area (Å²) >= 11 is 0. The van der Waals surface area contributed by atoms with Gasteiger partial charge in [-0.2, -0.15) is 0 Å². The average molecular weight is 403 g/mol. The van der Waals surface area contributed by atoms with Crippen molar-refractivity contribution in [1.29, 1.82) is 0 Å². The zero-order valence-corrected chi connectivity index (χ0v) is 18.4. The Balaban J connectivity index is 0.00000124. The molecule has 4 rings (SSSR count). The molecule has 0 fully saturated rings. The van der Waals surface area contributed by atoms with Crippen molar-refractivity contribution in [1.82, 2.24) is 4.90 Å². The molecule has 4 nitrogen and oxygen atoms in total. The predicted octanol–water partition coefficient (Wildman–Crippen LogP) is 6.06. The fourth-order valence-electron chi connectivity index (χ4n) is 3.95. The SMILES string of the molecule is CC.COc1ccc(CN2C(=O)N(C)C(C)(c3ccccc3)c3ccccc32)cc1. The van der Waals surface area contributed by atoms with Crippen LogP contribution in [-0.2, 0) is 12.1 Å². The fourth-order valence-corrected chi connectivity index (χ4v) is 3.95. The molecular weight excluding hydrogens is 372 g/mol. The lowest BCUT2D eigenvalue weighted by molar-refractivity contribution is 0.166. The molecule has 4 heteroatoms. The number of carbonyl (C=O) groups excluding carboxylic acids is 1. The molecule has 0 saturated heterocycles. The summed E-state index contributed by atoms with van der Waals surface area (Å²) in [5.41, 5.74) is 3.71. The van der Waals surface area contributed by atoms with Gasteiger partial charge in [0.15, 0.2) is 0 Å². The van der Waals surface area contributed by atoms with Crippen molar-refractivity contribution < 1.29 is 9.53 Å². The summed E-state index contributed by atoms with van der Waals surface area (Å²) < 4.78 is 5.24. The molecule has 0 N–H and O–H groups in total. The molecule has 0 aromatic heterocycles. The molecule has 1 atom stereocenters. The van der Waals surface area contributed by atoms with E-state index in [4.69, 9.17) is 4.74 Å². The molecule has 0 saturated carbocycles. The summed E-state index contributed by atoms with van der Waals surface area (Å²) in [6.45, 7) is 6.62. The van der Waals surface area contributed by atoms with Crippen LogP contribution in [0, 0.1) is 0 Å². The summed E-state index contributed by atoms with van der Waals surface area (Å²) in [5, 5.41) is 0. The Morgan fingerprint density at radius 3 is 2.10 bits per heavy atom. The van der Waals surface area contributed by atoms with E-state index in [0.29, 0.717) is 6.54 Å². The minimum absolute atomic E-state index is 0.0131. The fraction of sp³-hybridized carbons (Fsp3) is 0.269. The van der Waals surface area contributed by atoms with Gasteiger partial charge in [0.05, 0.1) is 24.9 Å². The van der Waals surface area contributed by atoms with Crippen LogP contribution < -0.4 is 9.64 Å². The van der Waals surface area contributed by atoms with Crippen LogP contribution in [0.2, 0.25) is 0 Å². The second kappa shape index (κ2) is 9.04. The van der Waals surface area contributed by atoms with Gasteiger partial charge < -0.3 is 9.64 Å². The third-order valence-corrected chi connectivity index (χ3v) is 5.74. The number of ether oxygens (including phenoxy) is 1. The number of para-hydroxylation sites is 1. The molecule has 3 aromatic carbocycles. The van der Waals surface area contributed by atoms with Gasteiger partial charge in [0.1, 0.15) is 5.75 Å². The van der Waals surface area contributed by atoms with Crippen molar-refractivity contribution in [3.63, 3.8) is 0 Å². The van der Waals surface area contributed by atoms with E-state index in [1.807, 2.05) is 91.4 Å². The Morgan fingerprint density at radius 2 is 1.47 bits per heavy atom. The first kappa shape index (κ1) is 21.4. The third-order valence-electron chi connectivity index (χ3n) is 5.74. The number of carbonyl (C=O) groups is 1. The summed E-state index contributed by atoms with van der Waals surface area (Å²) in [7, 11) is 3.53. The molecule has 1 aliphatic rings. The summed E-state index contributed by atoms with van der Waals surface area (Å²) in [5.74, 6) is 0.808. The number of benzene rings is 3. The first-order valence-electron chi connectivity index (χ1n) is 10.4. The average Bonchev–Trinajstić information content (AvgIpc) is 2.82. The standard InChI is InChI=1S/C24H24N2O2.C2H6/c1-24(19-9-5-4-6-10-19)21-11-7-8-12-22(21)26(23(27)25(24)2)17-18-13-15-20(28-3)16-14-18;1-2/h4-16H,17H2,1-3H3;1-2H3. The highest BCUT2D eigenvalue weighted by Gasteiger charge is 2.44.